The molecule has 0 aromatic carbocycles. The predicted molar refractivity (Wildman–Crippen MR) is 54.8 cm³/mol. The summed E-state index contributed by atoms with van der Waals surface area (Å²) in [5, 5.41) is 0. The van der Waals surface area contributed by atoms with Gasteiger partial charge in [0, 0.05) is 11.9 Å². The van der Waals surface area contributed by atoms with Crippen LogP contribution >= 0.6 is 11.6 Å². The molecule has 1 unspecified atom stereocenters. The van der Waals surface area contributed by atoms with Gasteiger partial charge in [-0.2, -0.15) is 0 Å². The van der Waals surface area contributed by atoms with Crippen molar-refractivity contribution in [1.82, 2.24) is 4.90 Å². The Bertz CT molecular complexity index is 119. The fraction of sp³-hybridized carbons (Fsp3) is 1.00. The van der Waals surface area contributed by atoms with Crippen LogP contribution in [-0.4, -0.2) is 29.9 Å². The molecule has 1 rings (SSSR count). The van der Waals surface area contributed by atoms with Gasteiger partial charge >= 0.3 is 0 Å². The van der Waals surface area contributed by atoms with Gasteiger partial charge in [-0.15, -0.1) is 11.6 Å². The van der Waals surface area contributed by atoms with Gasteiger partial charge < -0.3 is 0 Å². The lowest BCUT2D eigenvalue weighted by Crippen LogP contribution is -2.43. The molecule has 0 bridgehead atoms. The lowest BCUT2D eigenvalue weighted by Gasteiger charge is -2.35. The van der Waals surface area contributed by atoms with E-state index < -0.39 is 0 Å². The zero-order chi connectivity index (χ0) is 8.97. The molecule has 1 saturated heterocycles. The Balaban J connectivity index is 2.40. The van der Waals surface area contributed by atoms with Crippen LogP contribution in [0.15, 0.2) is 0 Å². The van der Waals surface area contributed by atoms with Crippen molar-refractivity contribution >= 4 is 11.6 Å². The van der Waals surface area contributed by atoms with Gasteiger partial charge in [-0.05, 0) is 31.8 Å². The van der Waals surface area contributed by atoms with Gasteiger partial charge in [0.15, 0.2) is 0 Å². The summed E-state index contributed by atoms with van der Waals surface area (Å²) in [6.07, 6.45) is 4.13. The van der Waals surface area contributed by atoms with Crippen LogP contribution in [0.25, 0.3) is 0 Å². The number of nitrogens with zero attached hydrogens (tertiary/aromatic N) is 1. The van der Waals surface area contributed by atoms with E-state index in [2.05, 4.69) is 18.7 Å². The van der Waals surface area contributed by atoms with E-state index in [4.69, 9.17) is 11.6 Å². The zero-order valence-electron chi connectivity index (χ0n) is 8.22. The number of halogens is 1. The smallest absolute Gasteiger partial charge is 0.0382 e. The van der Waals surface area contributed by atoms with Crippen LogP contribution in [0.3, 0.4) is 0 Å². The van der Waals surface area contributed by atoms with Crippen LogP contribution in [0.5, 0.6) is 0 Å². The van der Waals surface area contributed by atoms with Crippen LogP contribution in [-0.2, 0) is 0 Å². The minimum Gasteiger partial charge on any atom is -0.299 e. The van der Waals surface area contributed by atoms with E-state index >= 15 is 0 Å². The first kappa shape index (κ1) is 10.3. The highest BCUT2D eigenvalue weighted by molar-refractivity contribution is 6.18. The highest BCUT2D eigenvalue weighted by atomic mass is 35.5. The molecule has 1 fully saturated rings. The van der Waals surface area contributed by atoms with Gasteiger partial charge in [-0.25, -0.2) is 0 Å². The number of hydrogen-bond donors (Lipinski definition) is 0. The third kappa shape index (κ3) is 2.63. The summed E-state index contributed by atoms with van der Waals surface area (Å²) in [7, 11) is 0. The predicted octanol–water partition coefficient (Wildman–Crippen LogP) is 2.74. The Labute approximate surface area is 81.1 Å². The average Bonchev–Trinajstić information content (AvgIpc) is 2.07. The molecule has 0 aliphatic carbocycles. The monoisotopic (exact) mass is 189 g/mol. The van der Waals surface area contributed by atoms with E-state index in [1.54, 1.807) is 0 Å². The van der Waals surface area contributed by atoms with Crippen LogP contribution < -0.4 is 0 Å². The molecule has 1 nitrogen and oxygen atoms in total. The highest BCUT2D eigenvalue weighted by Crippen LogP contribution is 2.18. The van der Waals surface area contributed by atoms with E-state index in [-0.39, 0.29) is 0 Å². The molecular formula is C10H20ClN. The Morgan fingerprint density at radius 3 is 2.17 bits per heavy atom. The largest absolute Gasteiger partial charge is 0.299 e. The quantitative estimate of drug-likeness (QED) is 0.618. The number of piperidine rings is 1. The molecule has 0 radical (unpaired) electrons. The number of rotatable bonds is 3. The molecule has 0 spiro atoms. The van der Waals surface area contributed by atoms with E-state index in [1.165, 1.54) is 32.4 Å². The molecule has 0 saturated carbocycles. The standard InChI is InChI=1S/C10H20ClN/c1-9(2)10(8-11)12-6-4-3-5-7-12/h9-10H,3-8H2,1-2H3. The maximum atomic E-state index is 5.95. The van der Waals surface area contributed by atoms with Crippen molar-refractivity contribution in [1.29, 1.82) is 0 Å². The molecule has 12 heavy (non-hydrogen) atoms. The maximum absolute atomic E-state index is 5.95. The summed E-state index contributed by atoms with van der Waals surface area (Å²) >= 11 is 5.95. The zero-order valence-corrected chi connectivity index (χ0v) is 8.98. The van der Waals surface area contributed by atoms with Gasteiger partial charge in [0.25, 0.3) is 0 Å². The molecule has 0 aromatic heterocycles. The van der Waals surface area contributed by atoms with Gasteiger partial charge in [-0.1, -0.05) is 20.3 Å². The lowest BCUT2D eigenvalue weighted by atomic mass is 10.0. The lowest BCUT2D eigenvalue weighted by molar-refractivity contribution is 0.143. The van der Waals surface area contributed by atoms with Gasteiger partial charge in [-0.3, -0.25) is 4.90 Å². The minimum absolute atomic E-state index is 0.604. The molecule has 0 aromatic rings. The fourth-order valence-corrected chi connectivity index (χ4v) is 2.50. The van der Waals surface area contributed by atoms with Crippen molar-refractivity contribution in [2.24, 2.45) is 5.92 Å². The summed E-state index contributed by atoms with van der Waals surface area (Å²) in [6.45, 7) is 7.05. The Morgan fingerprint density at radius 1 is 1.17 bits per heavy atom. The summed E-state index contributed by atoms with van der Waals surface area (Å²) in [5.74, 6) is 1.48. The Kier molecular flexibility index (Phi) is 4.38. The summed E-state index contributed by atoms with van der Waals surface area (Å²) < 4.78 is 0. The number of hydrogen-bond acceptors (Lipinski definition) is 1. The van der Waals surface area contributed by atoms with Crippen molar-refractivity contribution in [3.8, 4) is 0 Å². The van der Waals surface area contributed by atoms with E-state index in [9.17, 15) is 0 Å². The molecular weight excluding hydrogens is 170 g/mol. The maximum Gasteiger partial charge on any atom is 0.0382 e. The molecule has 0 amide bonds. The second-order valence-corrected chi connectivity index (χ2v) is 4.37. The van der Waals surface area contributed by atoms with Crippen LogP contribution in [0.1, 0.15) is 33.1 Å². The molecule has 2 heteroatoms. The van der Waals surface area contributed by atoms with E-state index in [1.807, 2.05) is 0 Å². The SMILES string of the molecule is CC(C)C(CCl)N1CCCCC1. The Morgan fingerprint density at radius 2 is 1.75 bits per heavy atom. The Hall–Kier alpha value is 0.250. The molecule has 1 aliphatic rings. The average molecular weight is 190 g/mol. The molecule has 1 atom stereocenters. The first-order valence-corrected chi connectivity index (χ1v) is 5.59. The highest BCUT2D eigenvalue weighted by Gasteiger charge is 2.21. The van der Waals surface area contributed by atoms with E-state index in [0.29, 0.717) is 12.0 Å². The van der Waals surface area contributed by atoms with Crippen molar-refractivity contribution in [3.05, 3.63) is 0 Å². The first-order chi connectivity index (χ1) is 5.75. The topological polar surface area (TPSA) is 3.24 Å². The van der Waals surface area contributed by atoms with Gasteiger partial charge in [0.1, 0.15) is 0 Å². The molecule has 1 aliphatic heterocycles. The van der Waals surface area contributed by atoms with Crippen molar-refractivity contribution in [3.63, 3.8) is 0 Å². The minimum atomic E-state index is 0.604. The number of likely N-dealkylation sites (tertiary alicyclic amines) is 1. The van der Waals surface area contributed by atoms with E-state index in [0.717, 1.165) is 5.88 Å². The molecule has 1 heterocycles. The van der Waals surface area contributed by atoms with Crippen molar-refractivity contribution < 1.29 is 0 Å². The normalized spacial score (nSPS) is 23.0. The second kappa shape index (κ2) is 5.08. The molecule has 0 N–H and O–H groups in total. The number of alkyl halides is 1. The summed E-state index contributed by atoms with van der Waals surface area (Å²) in [6, 6.07) is 0.604. The van der Waals surface area contributed by atoms with Crippen LogP contribution in [0.4, 0.5) is 0 Å². The van der Waals surface area contributed by atoms with Crippen molar-refractivity contribution in [2.75, 3.05) is 19.0 Å². The van der Waals surface area contributed by atoms with Gasteiger partial charge in [0.05, 0.1) is 0 Å². The third-order valence-electron chi connectivity index (χ3n) is 2.79. The molecule has 72 valence electrons. The van der Waals surface area contributed by atoms with Crippen LogP contribution in [0.2, 0.25) is 0 Å². The fourth-order valence-electron chi connectivity index (χ4n) is 1.95. The third-order valence-corrected chi connectivity index (χ3v) is 3.10. The van der Waals surface area contributed by atoms with Gasteiger partial charge in [0.2, 0.25) is 0 Å². The summed E-state index contributed by atoms with van der Waals surface area (Å²) in [5.41, 5.74) is 0. The first-order valence-electron chi connectivity index (χ1n) is 5.05. The summed E-state index contributed by atoms with van der Waals surface area (Å²) in [4.78, 5) is 2.56. The second-order valence-electron chi connectivity index (χ2n) is 4.06. The van der Waals surface area contributed by atoms with Crippen molar-refractivity contribution in [2.45, 2.75) is 39.2 Å². The van der Waals surface area contributed by atoms with Crippen LogP contribution in [0, 0.1) is 5.92 Å².